The Bertz CT molecular complexity index is 436. The van der Waals surface area contributed by atoms with Crippen LogP contribution in [-0.4, -0.2) is 35.2 Å². The minimum Gasteiger partial charge on any atom is -0.548 e. The Morgan fingerprint density at radius 2 is 1.68 bits per heavy atom. The zero-order valence-corrected chi connectivity index (χ0v) is 13.7. The van der Waals surface area contributed by atoms with Gasteiger partial charge in [-0.25, -0.2) is 4.79 Å². The standard InChI is InChI=1S/C15H26N2O5/c1-10(11(18)19)16-12(20)15(8-6-5-7-9-15)17-13(21)22-14(2,3)4/h10H,5-9H2,1-4H3,(H,16,20)(H,17,21)(H,18,19)/p-1/t10-/m1/s1. The van der Waals surface area contributed by atoms with Crippen molar-refractivity contribution in [2.75, 3.05) is 0 Å². The van der Waals surface area contributed by atoms with Crippen LogP contribution in [0.3, 0.4) is 0 Å². The van der Waals surface area contributed by atoms with Gasteiger partial charge in [0.2, 0.25) is 5.91 Å². The maximum absolute atomic E-state index is 12.5. The van der Waals surface area contributed by atoms with E-state index in [0.29, 0.717) is 12.8 Å². The van der Waals surface area contributed by atoms with E-state index >= 15 is 0 Å². The summed E-state index contributed by atoms with van der Waals surface area (Å²) in [5.74, 6) is -1.87. The van der Waals surface area contributed by atoms with Crippen molar-refractivity contribution in [3.63, 3.8) is 0 Å². The molecule has 7 heteroatoms. The lowest BCUT2D eigenvalue weighted by Gasteiger charge is -2.37. The third-order valence-electron chi connectivity index (χ3n) is 3.58. The van der Waals surface area contributed by atoms with Crippen molar-refractivity contribution in [1.82, 2.24) is 10.6 Å². The van der Waals surface area contributed by atoms with Crippen molar-refractivity contribution in [1.29, 1.82) is 0 Å². The summed E-state index contributed by atoms with van der Waals surface area (Å²) in [6, 6.07) is -1.12. The summed E-state index contributed by atoms with van der Waals surface area (Å²) < 4.78 is 5.21. The maximum atomic E-state index is 12.5. The van der Waals surface area contributed by atoms with E-state index in [0.717, 1.165) is 19.3 Å². The Hall–Kier alpha value is -1.79. The van der Waals surface area contributed by atoms with Crippen molar-refractivity contribution in [2.45, 2.75) is 77.0 Å². The van der Waals surface area contributed by atoms with Crippen LogP contribution < -0.4 is 15.7 Å². The monoisotopic (exact) mass is 313 g/mol. The normalized spacial score (nSPS) is 18.9. The topological polar surface area (TPSA) is 108 Å². The van der Waals surface area contributed by atoms with Crippen LogP contribution >= 0.6 is 0 Å². The number of amides is 2. The molecule has 0 unspecified atom stereocenters. The number of carbonyl (C=O) groups is 3. The second kappa shape index (κ2) is 6.98. The molecule has 0 radical (unpaired) electrons. The first-order valence-corrected chi connectivity index (χ1v) is 7.59. The molecule has 22 heavy (non-hydrogen) atoms. The zero-order chi connectivity index (χ0) is 17.0. The molecule has 0 aromatic rings. The first-order chi connectivity index (χ1) is 10.1. The van der Waals surface area contributed by atoms with Gasteiger partial charge < -0.3 is 25.3 Å². The molecule has 126 valence electrons. The molecule has 1 aliphatic carbocycles. The molecular formula is C15H25N2O5-. The zero-order valence-electron chi connectivity index (χ0n) is 13.7. The molecule has 0 bridgehead atoms. The molecule has 1 rings (SSSR count). The minimum absolute atomic E-state index is 0.456. The molecule has 7 nitrogen and oxygen atoms in total. The molecule has 1 aliphatic rings. The van der Waals surface area contributed by atoms with Crippen molar-refractivity contribution in [3.8, 4) is 0 Å². The van der Waals surface area contributed by atoms with Crippen LogP contribution in [-0.2, 0) is 14.3 Å². The third kappa shape index (κ3) is 5.20. The SMILES string of the molecule is C[C@@H](NC(=O)C1(NC(=O)OC(C)(C)C)CCCCC1)C(=O)[O-]. The van der Waals surface area contributed by atoms with Gasteiger partial charge in [0.05, 0.1) is 12.0 Å². The summed E-state index contributed by atoms with van der Waals surface area (Å²) in [4.78, 5) is 35.3. The number of nitrogens with one attached hydrogen (secondary N) is 2. The summed E-state index contributed by atoms with van der Waals surface area (Å²) >= 11 is 0. The van der Waals surface area contributed by atoms with E-state index in [4.69, 9.17) is 4.74 Å². The van der Waals surface area contributed by atoms with Gasteiger partial charge in [-0.3, -0.25) is 4.79 Å². The van der Waals surface area contributed by atoms with Crippen LogP contribution in [0.4, 0.5) is 4.79 Å². The number of carboxylic acid groups (broad SMARTS) is 1. The molecule has 1 atom stereocenters. The summed E-state index contributed by atoms with van der Waals surface area (Å²) in [6.45, 7) is 6.53. The predicted molar refractivity (Wildman–Crippen MR) is 77.8 cm³/mol. The summed E-state index contributed by atoms with van der Waals surface area (Å²) in [6.07, 6.45) is 2.77. The van der Waals surface area contributed by atoms with Crippen LogP contribution in [0.5, 0.6) is 0 Å². The number of hydrogen-bond donors (Lipinski definition) is 2. The number of ether oxygens (including phenoxy) is 1. The van der Waals surface area contributed by atoms with Crippen LogP contribution in [0.1, 0.15) is 59.8 Å². The van der Waals surface area contributed by atoms with E-state index in [1.165, 1.54) is 6.92 Å². The van der Waals surface area contributed by atoms with Gasteiger partial charge in [0.1, 0.15) is 11.1 Å². The number of hydrogen-bond acceptors (Lipinski definition) is 5. The largest absolute Gasteiger partial charge is 0.548 e. The number of aliphatic carboxylic acids is 1. The van der Waals surface area contributed by atoms with Crippen LogP contribution in [0.15, 0.2) is 0 Å². The average molecular weight is 313 g/mol. The van der Waals surface area contributed by atoms with Gasteiger partial charge in [-0.05, 0) is 40.5 Å². The number of carboxylic acids is 1. The first-order valence-electron chi connectivity index (χ1n) is 7.59. The number of alkyl carbamates (subject to hydrolysis) is 1. The fourth-order valence-electron chi connectivity index (χ4n) is 2.46. The van der Waals surface area contributed by atoms with E-state index in [-0.39, 0.29) is 0 Å². The maximum Gasteiger partial charge on any atom is 0.408 e. The molecule has 0 aromatic carbocycles. The highest BCUT2D eigenvalue weighted by Gasteiger charge is 2.42. The Kier molecular flexibility index (Phi) is 5.79. The van der Waals surface area contributed by atoms with Gasteiger partial charge in [0.25, 0.3) is 0 Å². The Morgan fingerprint density at radius 1 is 1.14 bits per heavy atom. The molecular weight excluding hydrogens is 288 g/mol. The third-order valence-corrected chi connectivity index (χ3v) is 3.58. The number of rotatable bonds is 4. The second-order valence-corrected chi connectivity index (χ2v) is 6.78. The van der Waals surface area contributed by atoms with Gasteiger partial charge >= 0.3 is 6.09 Å². The van der Waals surface area contributed by atoms with E-state index in [9.17, 15) is 19.5 Å². The van der Waals surface area contributed by atoms with E-state index < -0.39 is 35.2 Å². The van der Waals surface area contributed by atoms with Crippen LogP contribution in [0, 0.1) is 0 Å². The summed E-state index contributed by atoms with van der Waals surface area (Å²) in [5, 5.41) is 15.8. The lowest BCUT2D eigenvalue weighted by molar-refractivity contribution is -0.307. The predicted octanol–water partition coefficient (Wildman–Crippen LogP) is 0.469. The number of carbonyl (C=O) groups excluding carboxylic acids is 3. The summed E-state index contributed by atoms with van der Waals surface area (Å²) in [7, 11) is 0. The quantitative estimate of drug-likeness (QED) is 0.784. The van der Waals surface area contributed by atoms with Crippen molar-refractivity contribution in [3.05, 3.63) is 0 Å². The van der Waals surface area contributed by atoms with Gasteiger partial charge in [-0.1, -0.05) is 19.3 Å². The Morgan fingerprint density at radius 3 is 2.14 bits per heavy atom. The van der Waals surface area contributed by atoms with Crippen molar-refractivity contribution >= 4 is 18.0 Å². The first kappa shape index (κ1) is 18.3. The highest BCUT2D eigenvalue weighted by atomic mass is 16.6. The smallest absolute Gasteiger partial charge is 0.408 e. The van der Waals surface area contributed by atoms with Gasteiger partial charge in [-0.15, -0.1) is 0 Å². The molecule has 2 amide bonds. The Balaban J connectivity index is 2.83. The molecule has 0 heterocycles. The van der Waals surface area contributed by atoms with Gasteiger partial charge in [-0.2, -0.15) is 0 Å². The molecule has 2 N–H and O–H groups in total. The molecule has 1 fully saturated rings. The minimum atomic E-state index is -1.36. The fourth-order valence-corrected chi connectivity index (χ4v) is 2.46. The molecule has 1 saturated carbocycles. The highest BCUT2D eigenvalue weighted by molar-refractivity contribution is 5.92. The fraction of sp³-hybridized carbons (Fsp3) is 0.800. The van der Waals surface area contributed by atoms with Gasteiger partial charge in [0.15, 0.2) is 0 Å². The molecule has 0 spiro atoms. The summed E-state index contributed by atoms with van der Waals surface area (Å²) in [5.41, 5.74) is -1.79. The van der Waals surface area contributed by atoms with E-state index in [1.807, 2.05) is 0 Å². The lowest BCUT2D eigenvalue weighted by atomic mass is 9.81. The van der Waals surface area contributed by atoms with E-state index in [2.05, 4.69) is 10.6 Å². The van der Waals surface area contributed by atoms with Crippen LogP contribution in [0.2, 0.25) is 0 Å². The van der Waals surface area contributed by atoms with Crippen molar-refractivity contribution < 1.29 is 24.2 Å². The average Bonchev–Trinajstić information content (AvgIpc) is 2.36. The van der Waals surface area contributed by atoms with Crippen molar-refractivity contribution in [2.24, 2.45) is 0 Å². The molecule has 0 aliphatic heterocycles. The molecule has 0 aromatic heterocycles. The van der Waals surface area contributed by atoms with Gasteiger partial charge in [0, 0.05) is 0 Å². The Labute approximate surface area is 130 Å². The molecule has 0 saturated heterocycles. The lowest BCUT2D eigenvalue weighted by Crippen LogP contribution is -2.62. The highest BCUT2D eigenvalue weighted by Crippen LogP contribution is 2.29. The van der Waals surface area contributed by atoms with E-state index in [1.54, 1.807) is 20.8 Å². The van der Waals surface area contributed by atoms with Crippen LogP contribution in [0.25, 0.3) is 0 Å². The second-order valence-electron chi connectivity index (χ2n) is 6.78.